The Bertz CT molecular complexity index is 500. The number of nitrogens with zero attached hydrogens (tertiary/aromatic N) is 4. The molecule has 7 heteroatoms. The van der Waals surface area contributed by atoms with Crippen molar-refractivity contribution in [3.63, 3.8) is 0 Å². The molecule has 2 aromatic heterocycles. The topological polar surface area (TPSA) is 64.7 Å². The minimum absolute atomic E-state index is 0.123. The lowest BCUT2D eigenvalue weighted by Crippen LogP contribution is -2.27. The van der Waals surface area contributed by atoms with E-state index in [9.17, 15) is 4.79 Å². The zero-order valence-corrected chi connectivity index (χ0v) is 11.6. The van der Waals surface area contributed by atoms with Gasteiger partial charge in [0.05, 0.1) is 10.7 Å². The number of hydrogen-bond acceptors (Lipinski definition) is 3. The van der Waals surface area contributed by atoms with Crippen LogP contribution in [-0.2, 0) is 13.6 Å². The van der Waals surface area contributed by atoms with Crippen molar-refractivity contribution >= 4 is 21.8 Å². The highest BCUT2D eigenvalue weighted by atomic mass is 79.9. The number of amides is 1. The highest BCUT2D eigenvalue weighted by molar-refractivity contribution is 9.10. The minimum atomic E-state index is -0.123. The van der Waals surface area contributed by atoms with Crippen molar-refractivity contribution in [1.82, 2.24) is 24.9 Å². The van der Waals surface area contributed by atoms with Crippen LogP contribution in [0.5, 0.6) is 0 Å². The first kappa shape index (κ1) is 12.8. The largest absolute Gasteiger partial charge is 0.351 e. The predicted molar refractivity (Wildman–Crippen MR) is 70.1 cm³/mol. The molecule has 0 saturated heterocycles. The summed E-state index contributed by atoms with van der Waals surface area (Å²) in [6.07, 6.45) is 6.09. The van der Waals surface area contributed by atoms with Gasteiger partial charge in [0, 0.05) is 32.5 Å². The van der Waals surface area contributed by atoms with Crippen molar-refractivity contribution in [3.8, 4) is 0 Å². The van der Waals surface area contributed by atoms with Crippen LogP contribution >= 0.6 is 15.9 Å². The average Bonchev–Trinajstić information content (AvgIpc) is 2.95. The van der Waals surface area contributed by atoms with Gasteiger partial charge in [0.25, 0.3) is 5.91 Å². The van der Waals surface area contributed by atoms with Crippen LogP contribution in [0, 0.1) is 0 Å². The minimum Gasteiger partial charge on any atom is -0.351 e. The zero-order chi connectivity index (χ0) is 13.0. The Labute approximate surface area is 113 Å². The zero-order valence-electron chi connectivity index (χ0n) is 10.0. The number of hydrogen-bond donors (Lipinski definition) is 1. The Morgan fingerprint density at radius 2 is 2.33 bits per heavy atom. The lowest BCUT2D eigenvalue weighted by atomic mass is 10.3. The van der Waals surface area contributed by atoms with Gasteiger partial charge in [0.1, 0.15) is 5.69 Å². The first-order valence-corrected chi connectivity index (χ1v) is 6.41. The summed E-state index contributed by atoms with van der Waals surface area (Å²) in [5.74, 6) is -0.123. The molecule has 1 N–H and O–H groups in total. The molecule has 0 atom stereocenters. The van der Waals surface area contributed by atoms with Gasteiger partial charge >= 0.3 is 0 Å². The first-order valence-electron chi connectivity index (χ1n) is 5.61. The van der Waals surface area contributed by atoms with Crippen LogP contribution in [0.15, 0.2) is 29.1 Å². The number of halogens is 1. The summed E-state index contributed by atoms with van der Waals surface area (Å²) in [4.78, 5) is 11.9. The molecule has 18 heavy (non-hydrogen) atoms. The summed E-state index contributed by atoms with van der Waals surface area (Å²) < 4.78 is 4.09. The number of carbonyl (C=O) groups excluding carboxylic acids is 1. The standard InChI is InChI=1S/C11H14BrN5O/c1-16-10(9(12)8-15-16)11(18)13-4-2-6-17-7-3-5-14-17/h3,5,7-8H,2,4,6H2,1H3,(H,13,18). The fourth-order valence-electron chi connectivity index (χ4n) is 1.63. The van der Waals surface area contributed by atoms with Crippen molar-refractivity contribution in [2.45, 2.75) is 13.0 Å². The van der Waals surface area contributed by atoms with E-state index in [4.69, 9.17) is 0 Å². The molecular formula is C11H14BrN5O. The van der Waals surface area contributed by atoms with Gasteiger partial charge in [-0.3, -0.25) is 14.2 Å². The highest BCUT2D eigenvalue weighted by Gasteiger charge is 2.14. The molecule has 2 rings (SSSR count). The normalized spacial score (nSPS) is 10.6. The van der Waals surface area contributed by atoms with Gasteiger partial charge in [-0.15, -0.1) is 0 Å². The van der Waals surface area contributed by atoms with Crippen LogP contribution in [0.2, 0.25) is 0 Å². The second-order valence-corrected chi connectivity index (χ2v) is 4.70. The molecule has 2 aromatic rings. The number of carbonyl (C=O) groups is 1. The van der Waals surface area contributed by atoms with Crippen LogP contribution in [0.3, 0.4) is 0 Å². The molecule has 0 radical (unpaired) electrons. The lowest BCUT2D eigenvalue weighted by molar-refractivity contribution is 0.0942. The van der Waals surface area contributed by atoms with Gasteiger partial charge in [-0.2, -0.15) is 10.2 Å². The van der Waals surface area contributed by atoms with Gasteiger partial charge < -0.3 is 5.32 Å². The Balaban J connectivity index is 1.79. The molecule has 6 nitrogen and oxygen atoms in total. The van der Waals surface area contributed by atoms with Crippen LogP contribution in [0.4, 0.5) is 0 Å². The van der Waals surface area contributed by atoms with Crippen LogP contribution in [0.1, 0.15) is 16.9 Å². The van der Waals surface area contributed by atoms with E-state index in [1.165, 1.54) is 0 Å². The van der Waals surface area contributed by atoms with E-state index < -0.39 is 0 Å². The molecule has 0 aliphatic heterocycles. The second kappa shape index (κ2) is 5.81. The van der Waals surface area contributed by atoms with Gasteiger partial charge in [-0.05, 0) is 28.4 Å². The molecule has 96 valence electrons. The third kappa shape index (κ3) is 2.98. The third-order valence-corrected chi connectivity index (χ3v) is 3.10. The van der Waals surface area contributed by atoms with E-state index in [-0.39, 0.29) is 5.91 Å². The SMILES string of the molecule is Cn1ncc(Br)c1C(=O)NCCCn1cccn1. The van der Waals surface area contributed by atoms with E-state index in [2.05, 4.69) is 31.4 Å². The quantitative estimate of drug-likeness (QED) is 0.844. The van der Waals surface area contributed by atoms with Crippen molar-refractivity contribution in [2.24, 2.45) is 7.05 Å². The monoisotopic (exact) mass is 311 g/mol. The number of aryl methyl sites for hydroxylation is 2. The van der Waals surface area contributed by atoms with E-state index >= 15 is 0 Å². The van der Waals surface area contributed by atoms with Crippen molar-refractivity contribution in [2.75, 3.05) is 6.54 Å². The molecule has 0 aliphatic rings. The van der Waals surface area contributed by atoms with E-state index in [0.29, 0.717) is 16.7 Å². The summed E-state index contributed by atoms with van der Waals surface area (Å²) in [6.45, 7) is 1.40. The third-order valence-electron chi connectivity index (χ3n) is 2.52. The van der Waals surface area contributed by atoms with E-state index in [0.717, 1.165) is 13.0 Å². The highest BCUT2D eigenvalue weighted by Crippen LogP contribution is 2.14. The molecular weight excluding hydrogens is 298 g/mol. The van der Waals surface area contributed by atoms with Crippen LogP contribution in [0.25, 0.3) is 0 Å². The molecule has 0 aliphatic carbocycles. The second-order valence-electron chi connectivity index (χ2n) is 3.84. The molecule has 2 heterocycles. The molecule has 0 spiro atoms. The summed E-state index contributed by atoms with van der Waals surface area (Å²) >= 11 is 3.30. The van der Waals surface area contributed by atoms with Crippen molar-refractivity contribution in [1.29, 1.82) is 0 Å². The fourth-order valence-corrected chi connectivity index (χ4v) is 2.15. The van der Waals surface area contributed by atoms with E-state index in [1.54, 1.807) is 24.1 Å². The van der Waals surface area contributed by atoms with Gasteiger partial charge in [-0.25, -0.2) is 0 Å². The summed E-state index contributed by atoms with van der Waals surface area (Å²) in [5.41, 5.74) is 0.536. The van der Waals surface area contributed by atoms with Crippen molar-refractivity contribution < 1.29 is 4.79 Å². The molecule has 1 amide bonds. The van der Waals surface area contributed by atoms with Crippen molar-refractivity contribution in [3.05, 3.63) is 34.8 Å². The maximum absolute atomic E-state index is 11.9. The summed E-state index contributed by atoms with van der Waals surface area (Å²) in [5, 5.41) is 11.0. The Morgan fingerprint density at radius 1 is 1.50 bits per heavy atom. The Morgan fingerprint density at radius 3 is 2.94 bits per heavy atom. The molecule has 0 unspecified atom stereocenters. The predicted octanol–water partition coefficient (Wildman–Crippen LogP) is 1.20. The Kier molecular flexibility index (Phi) is 4.14. The maximum atomic E-state index is 11.9. The maximum Gasteiger partial charge on any atom is 0.270 e. The lowest BCUT2D eigenvalue weighted by Gasteiger charge is -2.06. The van der Waals surface area contributed by atoms with Crippen LogP contribution < -0.4 is 5.32 Å². The van der Waals surface area contributed by atoms with Crippen LogP contribution in [-0.4, -0.2) is 32.0 Å². The molecule has 0 saturated carbocycles. The van der Waals surface area contributed by atoms with Gasteiger partial charge in [0.15, 0.2) is 0 Å². The van der Waals surface area contributed by atoms with E-state index in [1.807, 2.05) is 16.9 Å². The molecule has 0 fully saturated rings. The summed E-state index contributed by atoms with van der Waals surface area (Å²) in [6, 6.07) is 1.88. The Hall–Kier alpha value is -1.63. The fraction of sp³-hybridized carbons (Fsp3) is 0.364. The molecule has 0 bridgehead atoms. The van der Waals surface area contributed by atoms with Gasteiger partial charge in [0.2, 0.25) is 0 Å². The smallest absolute Gasteiger partial charge is 0.270 e. The number of aromatic nitrogens is 4. The average molecular weight is 312 g/mol. The molecule has 0 aromatic carbocycles. The van der Waals surface area contributed by atoms with Gasteiger partial charge in [-0.1, -0.05) is 0 Å². The summed E-state index contributed by atoms with van der Waals surface area (Å²) in [7, 11) is 1.74. The number of nitrogens with one attached hydrogen (secondary N) is 1. The number of rotatable bonds is 5. The first-order chi connectivity index (χ1) is 8.68.